The van der Waals surface area contributed by atoms with Crippen molar-refractivity contribution in [2.24, 2.45) is 0 Å². The van der Waals surface area contributed by atoms with Crippen LogP contribution in [0.25, 0.3) is 0 Å². The number of benzene rings is 2. The molecular formula is C13H7BBrF2NO. The Kier molecular flexibility index (Phi) is 4.00. The van der Waals surface area contributed by atoms with Gasteiger partial charge in [0.15, 0.2) is 0 Å². The lowest BCUT2D eigenvalue weighted by molar-refractivity contribution is 0.102. The first-order valence-electron chi connectivity index (χ1n) is 5.29. The summed E-state index contributed by atoms with van der Waals surface area (Å²) in [5, 5.41) is 2.40. The molecule has 0 aliphatic heterocycles. The summed E-state index contributed by atoms with van der Waals surface area (Å²) in [6, 6.07) is 7.89. The van der Waals surface area contributed by atoms with E-state index in [4.69, 9.17) is 7.85 Å². The second kappa shape index (κ2) is 5.53. The highest BCUT2D eigenvalue weighted by atomic mass is 79.9. The van der Waals surface area contributed by atoms with E-state index in [9.17, 15) is 13.6 Å². The lowest BCUT2D eigenvalue weighted by Crippen LogP contribution is -2.15. The minimum Gasteiger partial charge on any atom is -0.322 e. The van der Waals surface area contributed by atoms with E-state index in [1.807, 2.05) is 0 Å². The molecule has 0 aliphatic rings. The highest BCUT2D eigenvalue weighted by Crippen LogP contribution is 2.17. The fraction of sp³-hybridized carbons (Fsp3) is 0. The third-order valence-electron chi connectivity index (χ3n) is 2.43. The summed E-state index contributed by atoms with van der Waals surface area (Å²) < 4.78 is 27.3. The summed E-state index contributed by atoms with van der Waals surface area (Å²) in [4.78, 5) is 11.8. The molecule has 2 aromatic carbocycles. The summed E-state index contributed by atoms with van der Waals surface area (Å²) in [6.45, 7) is 0. The van der Waals surface area contributed by atoms with E-state index in [2.05, 4.69) is 21.2 Å². The first-order valence-corrected chi connectivity index (χ1v) is 6.08. The van der Waals surface area contributed by atoms with Crippen molar-refractivity contribution >= 4 is 40.8 Å². The van der Waals surface area contributed by atoms with Crippen molar-refractivity contribution in [1.29, 1.82) is 0 Å². The maximum atomic E-state index is 13.6. The zero-order valence-corrected chi connectivity index (χ0v) is 11.2. The number of anilines is 1. The molecule has 1 amide bonds. The molecule has 0 fully saturated rings. The highest BCUT2D eigenvalue weighted by molar-refractivity contribution is 9.10. The maximum absolute atomic E-state index is 13.6. The van der Waals surface area contributed by atoms with E-state index < -0.39 is 17.5 Å². The van der Waals surface area contributed by atoms with Crippen LogP contribution in [0.15, 0.2) is 40.9 Å². The molecule has 0 aliphatic carbocycles. The van der Waals surface area contributed by atoms with Gasteiger partial charge in [0.05, 0.1) is 5.56 Å². The molecule has 0 aromatic heterocycles. The maximum Gasteiger partial charge on any atom is 0.258 e. The van der Waals surface area contributed by atoms with E-state index in [0.29, 0.717) is 4.47 Å². The number of carbonyl (C=O) groups is 1. The normalized spacial score (nSPS) is 10.3. The van der Waals surface area contributed by atoms with Crippen LogP contribution in [0, 0.1) is 11.6 Å². The van der Waals surface area contributed by atoms with Crippen molar-refractivity contribution in [2.75, 3.05) is 5.32 Å². The Bertz CT molecular complexity index is 649. The van der Waals surface area contributed by atoms with Crippen LogP contribution < -0.4 is 10.8 Å². The molecule has 94 valence electrons. The molecule has 0 unspecified atom stereocenters. The summed E-state index contributed by atoms with van der Waals surface area (Å²) >= 11 is 3.09. The standard InChI is InChI=1S/C13H7BBrF2NO/c14-10-4-2-8(6-12(10)17)18-13(19)9-3-1-7(15)5-11(9)16/h1-6H,(H,18,19). The van der Waals surface area contributed by atoms with E-state index in [0.717, 1.165) is 6.07 Å². The van der Waals surface area contributed by atoms with Crippen LogP contribution in [-0.2, 0) is 0 Å². The summed E-state index contributed by atoms with van der Waals surface area (Å²) in [6.07, 6.45) is 0. The average molecular weight is 322 g/mol. The molecule has 2 radical (unpaired) electrons. The number of carbonyl (C=O) groups excluding carboxylic acids is 1. The molecule has 0 saturated heterocycles. The van der Waals surface area contributed by atoms with E-state index in [1.54, 1.807) is 6.07 Å². The van der Waals surface area contributed by atoms with Gasteiger partial charge in [-0.15, -0.1) is 0 Å². The second-order valence-electron chi connectivity index (χ2n) is 3.81. The lowest BCUT2D eigenvalue weighted by atomic mass is 9.95. The van der Waals surface area contributed by atoms with Crippen LogP contribution in [0.2, 0.25) is 0 Å². The topological polar surface area (TPSA) is 29.1 Å². The van der Waals surface area contributed by atoms with E-state index in [1.165, 1.54) is 24.3 Å². The fourth-order valence-corrected chi connectivity index (χ4v) is 1.81. The first kappa shape index (κ1) is 13.7. The van der Waals surface area contributed by atoms with Crippen molar-refractivity contribution < 1.29 is 13.6 Å². The van der Waals surface area contributed by atoms with Gasteiger partial charge in [0, 0.05) is 10.2 Å². The first-order chi connectivity index (χ1) is 8.97. The number of halogens is 3. The lowest BCUT2D eigenvalue weighted by Gasteiger charge is -2.07. The SMILES string of the molecule is [B]c1ccc(NC(=O)c2ccc(Br)cc2F)cc1F. The molecule has 0 spiro atoms. The van der Waals surface area contributed by atoms with Crippen LogP contribution in [0.1, 0.15) is 10.4 Å². The number of hydrogen-bond acceptors (Lipinski definition) is 1. The van der Waals surface area contributed by atoms with Gasteiger partial charge >= 0.3 is 0 Å². The van der Waals surface area contributed by atoms with Crippen molar-refractivity contribution in [3.05, 3.63) is 58.1 Å². The number of nitrogens with one attached hydrogen (secondary N) is 1. The van der Waals surface area contributed by atoms with Gasteiger partial charge in [-0.2, -0.15) is 0 Å². The van der Waals surface area contributed by atoms with Crippen LogP contribution in [0.3, 0.4) is 0 Å². The zero-order chi connectivity index (χ0) is 14.0. The Balaban J connectivity index is 2.23. The predicted octanol–water partition coefficient (Wildman–Crippen LogP) is 2.77. The monoisotopic (exact) mass is 321 g/mol. The molecule has 2 aromatic rings. The second-order valence-corrected chi connectivity index (χ2v) is 4.73. The fourth-order valence-electron chi connectivity index (χ4n) is 1.48. The quantitative estimate of drug-likeness (QED) is 0.847. The molecule has 2 nitrogen and oxygen atoms in total. The van der Waals surface area contributed by atoms with Crippen LogP contribution in [0.5, 0.6) is 0 Å². The van der Waals surface area contributed by atoms with Gasteiger partial charge in [-0.05, 0) is 30.3 Å². The Hall–Kier alpha value is -1.69. The zero-order valence-electron chi connectivity index (χ0n) is 9.58. The van der Waals surface area contributed by atoms with Crippen molar-refractivity contribution in [1.82, 2.24) is 0 Å². The third kappa shape index (κ3) is 3.20. The molecule has 1 N–H and O–H groups in total. The number of rotatable bonds is 2. The molecule has 0 bridgehead atoms. The minimum absolute atomic E-state index is 0.0205. The smallest absolute Gasteiger partial charge is 0.258 e. The van der Waals surface area contributed by atoms with Gasteiger partial charge in [-0.1, -0.05) is 27.5 Å². The largest absolute Gasteiger partial charge is 0.322 e. The summed E-state index contributed by atoms with van der Waals surface area (Å²) in [5.74, 6) is -1.97. The summed E-state index contributed by atoms with van der Waals surface area (Å²) in [7, 11) is 5.32. The Morgan fingerprint density at radius 3 is 2.47 bits per heavy atom. The molecular weight excluding hydrogens is 315 g/mol. The highest BCUT2D eigenvalue weighted by Gasteiger charge is 2.12. The Morgan fingerprint density at radius 2 is 1.84 bits per heavy atom. The molecule has 2 rings (SSSR count). The third-order valence-corrected chi connectivity index (χ3v) is 2.93. The van der Waals surface area contributed by atoms with Crippen molar-refractivity contribution in [3.8, 4) is 0 Å². The van der Waals surface area contributed by atoms with Gasteiger partial charge in [-0.25, -0.2) is 8.78 Å². The minimum atomic E-state index is -0.664. The van der Waals surface area contributed by atoms with E-state index >= 15 is 0 Å². The number of hydrogen-bond donors (Lipinski definition) is 1. The average Bonchev–Trinajstić information content (AvgIpc) is 2.33. The molecule has 0 saturated carbocycles. The van der Waals surface area contributed by atoms with Gasteiger partial charge in [0.1, 0.15) is 19.5 Å². The van der Waals surface area contributed by atoms with Crippen LogP contribution in [0.4, 0.5) is 14.5 Å². The number of amides is 1. The molecule has 0 atom stereocenters. The molecule has 0 heterocycles. The van der Waals surface area contributed by atoms with Crippen molar-refractivity contribution in [2.45, 2.75) is 0 Å². The van der Waals surface area contributed by atoms with Gasteiger partial charge in [-0.3, -0.25) is 4.79 Å². The van der Waals surface area contributed by atoms with Crippen LogP contribution in [-0.4, -0.2) is 13.8 Å². The van der Waals surface area contributed by atoms with Gasteiger partial charge < -0.3 is 5.32 Å². The predicted molar refractivity (Wildman–Crippen MR) is 73.8 cm³/mol. The Morgan fingerprint density at radius 1 is 1.11 bits per heavy atom. The van der Waals surface area contributed by atoms with Crippen LogP contribution >= 0.6 is 15.9 Å². The molecule has 6 heteroatoms. The van der Waals surface area contributed by atoms with Gasteiger partial charge in [0.25, 0.3) is 5.91 Å². The summed E-state index contributed by atoms with van der Waals surface area (Å²) in [5.41, 5.74) is 0.0623. The Labute approximate surface area is 118 Å². The molecule has 19 heavy (non-hydrogen) atoms. The van der Waals surface area contributed by atoms with Gasteiger partial charge in [0.2, 0.25) is 0 Å². The van der Waals surface area contributed by atoms with E-state index in [-0.39, 0.29) is 16.7 Å². The van der Waals surface area contributed by atoms with Crippen molar-refractivity contribution in [3.63, 3.8) is 0 Å².